The van der Waals surface area contributed by atoms with Crippen molar-refractivity contribution >= 4 is 22.2 Å². The largest absolute Gasteiger partial charge is 0.298 e. The zero-order chi connectivity index (χ0) is 9.41. The summed E-state index contributed by atoms with van der Waals surface area (Å²) >= 11 is 2.86. The molecule has 66 valence electrons. The topological polar surface area (TPSA) is 17.1 Å². The van der Waals surface area contributed by atoms with E-state index in [4.69, 9.17) is 0 Å². The van der Waals surface area contributed by atoms with E-state index < -0.39 is 10.2 Å². The highest BCUT2D eigenvalue weighted by molar-refractivity contribution is 9.10. The molecule has 1 nitrogen and oxygen atoms in total. The van der Waals surface area contributed by atoms with Crippen molar-refractivity contribution in [2.45, 2.75) is 17.2 Å². The van der Waals surface area contributed by atoms with Crippen LogP contribution in [0, 0.1) is 0 Å². The maximum atomic E-state index is 13.0. The highest BCUT2D eigenvalue weighted by atomic mass is 79.9. The number of halogens is 3. The molecule has 0 aromatic carbocycles. The van der Waals surface area contributed by atoms with E-state index in [-0.39, 0.29) is 5.57 Å². The number of carbonyl (C=O) groups excluding carboxylic acids is 1. The fraction of sp³-hybridized carbons (Fsp3) is 0.375. The van der Waals surface area contributed by atoms with Gasteiger partial charge in [0.1, 0.15) is 10.6 Å². The molecule has 0 N–H and O–H groups in total. The van der Waals surface area contributed by atoms with Crippen LogP contribution in [0.5, 0.6) is 0 Å². The second-order valence-corrected chi connectivity index (χ2v) is 4.44. The van der Waals surface area contributed by atoms with Gasteiger partial charge >= 0.3 is 0 Å². The van der Waals surface area contributed by atoms with Crippen LogP contribution in [-0.2, 0) is 4.79 Å². The number of rotatable bonds is 1. The lowest BCUT2D eigenvalue weighted by Gasteiger charge is -2.29. The number of alkyl halides is 3. The fourth-order valence-corrected chi connectivity index (χ4v) is 1.29. The molecule has 1 atom stereocenters. The van der Waals surface area contributed by atoms with Gasteiger partial charge in [-0.2, -0.15) is 0 Å². The van der Waals surface area contributed by atoms with Crippen molar-refractivity contribution in [3.05, 3.63) is 23.8 Å². The molecule has 0 spiro atoms. The molecule has 1 aliphatic rings. The SMILES string of the molecule is CC1(Br)C=C(C=O)C=CC1(F)F. The van der Waals surface area contributed by atoms with E-state index >= 15 is 0 Å². The van der Waals surface area contributed by atoms with Crippen molar-refractivity contribution in [2.24, 2.45) is 0 Å². The summed E-state index contributed by atoms with van der Waals surface area (Å²) in [5.74, 6) is -2.94. The van der Waals surface area contributed by atoms with Crippen LogP contribution < -0.4 is 0 Å². The average molecular weight is 237 g/mol. The first-order chi connectivity index (χ1) is 5.39. The Kier molecular flexibility index (Phi) is 2.21. The van der Waals surface area contributed by atoms with Gasteiger partial charge < -0.3 is 0 Å². The van der Waals surface area contributed by atoms with Crippen LogP contribution in [0.2, 0.25) is 0 Å². The van der Waals surface area contributed by atoms with Gasteiger partial charge in [0.2, 0.25) is 0 Å². The molecule has 0 saturated carbocycles. The quantitative estimate of drug-likeness (QED) is 0.505. The van der Waals surface area contributed by atoms with Gasteiger partial charge in [0.25, 0.3) is 5.92 Å². The maximum absolute atomic E-state index is 13.0. The second-order valence-electron chi connectivity index (χ2n) is 2.79. The summed E-state index contributed by atoms with van der Waals surface area (Å²) in [6.07, 6.45) is 3.60. The first-order valence-electron chi connectivity index (χ1n) is 3.33. The van der Waals surface area contributed by atoms with E-state index in [1.165, 1.54) is 13.0 Å². The molecule has 0 bridgehead atoms. The van der Waals surface area contributed by atoms with Crippen molar-refractivity contribution in [3.63, 3.8) is 0 Å². The third-order valence-electron chi connectivity index (χ3n) is 1.71. The van der Waals surface area contributed by atoms with Gasteiger partial charge in [-0.25, -0.2) is 8.78 Å². The van der Waals surface area contributed by atoms with E-state index in [9.17, 15) is 13.6 Å². The Morgan fingerprint density at radius 2 is 2.17 bits per heavy atom. The van der Waals surface area contributed by atoms with Gasteiger partial charge in [0.05, 0.1) is 0 Å². The van der Waals surface area contributed by atoms with Crippen molar-refractivity contribution in [1.29, 1.82) is 0 Å². The maximum Gasteiger partial charge on any atom is 0.285 e. The van der Waals surface area contributed by atoms with E-state index in [2.05, 4.69) is 15.9 Å². The van der Waals surface area contributed by atoms with E-state index in [0.717, 1.165) is 12.2 Å². The minimum absolute atomic E-state index is 0.264. The highest BCUT2D eigenvalue weighted by Gasteiger charge is 2.46. The van der Waals surface area contributed by atoms with Gasteiger partial charge in [-0.15, -0.1) is 0 Å². The summed E-state index contributed by atoms with van der Waals surface area (Å²) in [7, 11) is 0. The van der Waals surface area contributed by atoms with Crippen LogP contribution in [0.3, 0.4) is 0 Å². The molecule has 12 heavy (non-hydrogen) atoms. The zero-order valence-electron chi connectivity index (χ0n) is 6.35. The molecule has 0 saturated heterocycles. The number of hydrogen-bond acceptors (Lipinski definition) is 1. The molecule has 0 heterocycles. The Morgan fingerprint density at radius 1 is 1.58 bits per heavy atom. The predicted octanol–water partition coefficient (Wildman–Crippen LogP) is 2.47. The van der Waals surface area contributed by atoms with Crippen LogP contribution in [0.25, 0.3) is 0 Å². The van der Waals surface area contributed by atoms with Gasteiger partial charge in [-0.3, -0.25) is 4.79 Å². The first-order valence-corrected chi connectivity index (χ1v) is 4.12. The molecular weight excluding hydrogens is 230 g/mol. The fourth-order valence-electron chi connectivity index (χ4n) is 0.894. The van der Waals surface area contributed by atoms with Crippen LogP contribution in [-0.4, -0.2) is 16.5 Å². The molecule has 0 amide bonds. The monoisotopic (exact) mass is 236 g/mol. The second kappa shape index (κ2) is 2.76. The lowest BCUT2D eigenvalue weighted by Crippen LogP contribution is -2.38. The number of carbonyl (C=O) groups is 1. The summed E-state index contributed by atoms with van der Waals surface area (Å²) in [6, 6.07) is 0. The summed E-state index contributed by atoms with van der Waals surface area (Å²) in [6.45, 7) is 1.32. The smallest absolute Gasteiger partial charge is 0.285 e. The first kappa shape index (κ1) is 9.58. The van der Waals surface area contributed by atoms with E-state index in [1.807, 2.05) is 0 Å². The molecule has 0 aliphatic heterocycles. The molecule has 1 rings (SSSR count). The van der Waals surface area contributed by atoms with Crippen LogP contribution in [0.4, 0.5) is 8.78 Å². The Hall–Kier alpha value is -0.510. The standard InChI is InChI=1S/C8H7BrF2O/c1-7(9)4-6(5-12)2-3-8(7,10)11/h2-5H,1H3. The van der Waals surface area contributed by atoms with E-state index in [0.29, 0.717) is 6.29 Å². The Balaban J connectivity index is 3.07. The summed E-state index contributed by atoms with van der Waals surface area (Å²) in [5.41, 5.74) is 0.264. The third-order valence-corrected chi connectivity index (χ3v) is 2.47. The third kappa shape index (κ3) is 1.48. The Labute approximate surface area is 77.3 Å². The van der Waals surface area contributed by atoms with E-state index in [1.54, 1.807) is 0 Å². The minimum Gasteiger partial charge on any atom is -0.298 e. The lowest BCUT2D eigenvalue weighted by molar-refractivity contribution is -0.104. The van der Waals surface area contributed by atoms with Gasteiger partial charge in [0.15, 0.2) is 0 Å². The molecule has 0 fully saturated rings. The van der Waals surface area contributed by atoms with Gasteiger partial charge in [-0.05, 0) is 13.0 Å². The molecule has 1 aliphatic carbocycles. The van der Waals surface area contributed by atoms with Crippen molar-refractivity contribution in [3.8, 4) is 0 Å². The molecular formula is C8H7BrF2O. The predicted molar refractivity (Wildman–Crippen MR) is 45.6 cm³/mol. The van der Waals surface area contributed by atoms with Crippen LogP contribution >= 0.6 is 15.9 Å². The minimum atomic E-state index is -2.94. The molecule has 0 aromatic rings. The van der Waals surface area contributed by atoms with Crippen LogP contribution in [0.1, 0.15) is 6.92 Å². The summed E-state index contributed by atoms with van der Waals surface area (Å²) in [5, 5.41) is 0. The van der Waals surface area contributed by atoms with Crippen molar-refractivity contribution < 1.29 is 13.6 Å². The summed E-state index contributed by atoms with van der Waals surface area (Å²) < 4.78 is 24.5. The number of aldehydes is 1. The number of allylic oxidation sites excluding steroid dienone is 4. The zero-order valence-corrected chi connectivity index (χ0v) is 7.94. The van der Waals surface area contributed by atoms with Gasteiger partial charge in [-0.1, -0.05) is 28.1 Å². The molecule has 0 radical (unpaired) electrons. The highest BCUT2D eigenvalue weighted by Crippen LogP contribution is 2.41. The van der Waals surface area contributed by atoms with Crippen molar-refractivity contribution in [1.82, 2.24) is 0 Å². The normalized spacial score (nSPS) is 32.8. The van der Waals surface area contributed by atoms with Crippen molar-refractivity contribution in [2.75, 3.05) is 0 Å². The Morgan fingerprint density at radius 3 is 2.58 bits per heavy atom. The lowest BCUT2D eigenvalue weighted by atomic mass is 9.94. The number of hydrogen-bond donors (Lipinski definition) is 0. The molecule has 0 aromatic heterocycles. The molecule has 4 heteroatoms. The van der Waals surface area contributed by atoms with Gasteiger partial charge in [0, 0.05) is 5.57 Å². The summed E-state index contributed by atoms with van der Waals surface area (Å²) in [4.78, 5) is 10.3. The molecule has 1 unspecified atom stereocenters. The Bertz CT molecular complexity index is 266. The average Bonchev–Trinajstić information content (AvgIpc) is 1.95. The van der Waals surface area contributed by atoms with Crippen LogP contribution in [0.15, 0.2) is 23.8 Å².